The van der Waals surface area contributed by atoms with Gasteiger partial charge in [-0.1, -0.05) is 74.0 Å². The molecule has 0 saturated heterocycles. The van der Waals surface area contributed by atoms with Gasteiger partial charge in [-0.3, -0.25) is 0 Å². The molecule has 5 aromatic rings. The minimum absolute atomic E-state index is 0.00879. The summed E-state index contributed by atoms with van der Waals surface area (Å²) in [4.78, 5) is 1.72. The molecule has 34 heavy (non-hydrogen) atoms. The minimum Gasteiger partial charge on any atom is -0.508 e. The molecule has 0 spiro atoms. The van der Waals surface area contributed by atoms with Gasteiger partial charge in [0.05, 0.1) is 5.69 Å². The van der Waals surface area contributed by atoms with Crippen LogP contribution in [0.25, 0.3) is 16.7 Å². The van der Waals surface area contributed by atoms with E-state index in [4.69, 9.17) is 10.2 Å². The molecule has 1 N–H and O–H groups in total. The highest BCUT2D eigenvalue weighted by atomic mass is 16.3. The summed E-state index contributed by atoms with van der Waals surface area (Å²) in [7, 11) is 0. The second kappa shape index (κ2) is 8.79. The highest BCUT2D eigenvalue weighted by molar-refractivity contribution is 5.73. The third-order valence-electron chi connectivity index (χ3n) is 6.71. The van der Waals surface area contributed by atoms with E-state index in [1.54, 1.807) is 4.80 Å². The van der Waals surface area contributed by atoms with Crippen LogP contribution in [-0.2, 0) is 0 Å². The van der Waals surface area contributed by atoms with Gasteiger partial charge < -0.3 is 5.11 Å². The van der Waals surface area contributed by atoms with Crippen LogP contribution in [0.4, 0.5) is 0 Å². The monoisotopic (exact) mass is 447 g/mol. The van der Waals surface area contributed by atoms with Gasteiger partial charge >= 0.3 is 0 Å². The van der Waals surface area contributed by atoms with Crippen LogP contribution in [0.1, 0.15) is 59.1 Å². The van der Waals surface area contributed by atoms with Crippen LogP contribution in [0.5, 0.6) is 5.75 Å². The molecule has 0 aliphatic heterocycles. The second-order valence-electron chi connectivity index (χ2n) is 9.25. The van der Waals surface area contributed by atoms with Crippen LogP contribution in [-0.4, -0.2) is 20.1 Å². The van der Waals surface area contributed by atoms with E-state index in [1.165, 1.54) is 16.7 Å². The molecule has 0 aliphatic rings. The highest BCUT2D eigenvalue weighted by Crippen LogP contribution is 2.35. The largest absolute Gasteiger partial charge is 0.508 e. The standard InChI is InChI=1S/C30H29N3O/c1-19-9-12-23(13-10-19)21(3)24-16-25(22(4)27-14-11-20(2)15-30(27)34)18-26(17-24)33-31-28-7-5-6-8-29(28)32-33/h5-18,21-22,34H,1-4H3. The average molecular weight is 448 g/mol. The van der Waals surface area contributed by atoms with Crippen molar-refractivity contribution in [1.82, 2.24) is 15.0 Å². The van der Waals surface area contributed by atoms with Crippen molar-refractivity contribution in [3.63, 3.8) is 0 Å². The number of aryl methyl sites for hydroxylation is 2. The highest BCUT2D eigenvalue weighted by Gasteiger charge is 2.18. The number of aromatic nitrogens is 3. The Bertz CT molecular complexity index is 1430. The zero-order valence-electron chi connectivity index (χ0n) is 20.0. The van der Waals surface area contributed by atoms with Gasteiger partial charge in [0.2, 0.25) is 0 Å². The molecule has 2 unspecified atom stereocenters. The van der Waals surface area contributed by atoms with Crippen molar-refractivity contribution in [2.45, 2.75) is 39.5 Å². The predicted octanol–water partition coefficient (Wildman–Crippen LogP) is 7.05. The number of phenolic OH excluding ortho intramolecular Hbond substituents is 1. The zero-order valence-corrected chi connectivity index (χ0v) is 20.0. The molecule has 5 rings (SSSR count). The molecule has 0 fully saturated rings. The summed E-state index contributed by atoms with van der Waals surface area (Å²) in [5.74, 6) is 0.534. The smallest absolute Gasteiger partial charge is 0.119 e. The first kappa shape index (κ1) is 21.9. The fraction of sp³-hybridized carbons (Fsp3) is 0.200. The molecular formula is C30H29N3O. The maximum absolute atomic E-state index is 10.7. The first-order chi connectivity index (χ1) is 16.4. The maximum atomic E-state index is 10.7. The van der Waals surface area contributed by atoms with Gasteiger partial charge in [0.25, 0.3) is 0 Å². The molecule has 0 aliphatic carbocycles. The molecule has 1 heterocycles. The fourth-order valence-electron chi connectivity index (χ4n) is 4.50. The minimum atomic E-state index is 0.00879. The number of rotatable bonds is 5. The zero-order chi connectivity index (χ0) is 23.8. The molecule has 1 aromatic heterocycles. The number of aromatic hydroxyl groups is 1. The van der Waals surface area contributed by atoms with Gasteiger partial charge in [-0.2, -0.15) is 4.80 Å². The van der Waals surface area contributed by atoms with Gasteiger partial charge in [-0.15, -0.1) is 10.2 Å². The van der Waals surface area contributed by atoms with Crippen molar-refractivity contribution in [2.75, 3.05) is 0 Å². The Morgan fingerprint density at radius 2 is 1.24 bits per heavy atom. The van der Waals surface area contributed by atoms with E-state index in [9.17, 15) is 5.11 Å². The molecule has 2 atom stereocenters. The maximum Gasteiger partial charge on any atom is 0.119 e. The third kappa shape index (κ3) is 4.19. The molecular weight excluding hydrogens is 418 g/mol. The van der Waals surface area contributed by atoms with Gasteiger partial charge in [-0.05, 0) is 66.4 Å². The van der Waals surface area contributed by atoms with Gasteiger partial charge in [0, 0.05) is 17.4 Å². The lowest BCUT2D eigenvalue weighted by molar-refractivity contribution is 0.465. The van der Waals surface area contributed by atoms with Crippen LogP contribution in [0.15, 0.2) is 84.9 Å². The summed E-state index contributed by atoms with van der Waals surface area (Å²) in [5.41, 5.74) is 9.43. The normalized spacial score (nSPS) is 13.2. The quantitative estimate of drug-likeness (QED) is 0.314. The Hall–Kier alpha value is -3.92. The Labute approximate surface area is 200 Å². The lowest BCUT2D eigenvalue weighted by atomic mass is 9.86. The van der Waals surface area contributed by atoms with E-state index >= 15 is 0 Å². The molecule has 0 saturated carbocycles. The lowest BCUT2D eigenvalue weighted by Gasteiger charge is -2.20. The number of hydrogen-bond donors (Lipinski definition) is 1. The summed E-state index contributed by atoms with van der Waals surface area (Å²) in [5, 5.41) is 20.1. The first-order valence-corrected chi connectivity index (χ1v) is 11.7. The molecule has 0 amide bonds. The first-order valence-electron chi connectivity index (χ1n) is 11.7. The SMILES string of the molecule is Cc1ccc(C(C)c2cc(C(C)c3ccc(C)cc3O)cc(-n3nc4ccccc4n3)c2)cc1. The van der Waals surface area contributed by atoms with E-state index in [0.29, 0.717) is 5.75 Å². The number of benzene rings is 4. The fourth-order valence-corrected chi connectivity index (χ4v) is 4.50. The van der Waals surface area contributed by atoms with Crippen molar-refractivity contribution in [2.24, 2.45) is 0 Å². The summed E-state index contributed by atoms with van der Waals surface area (Å²) in [6, 6.07) is 29.1. The Morgan fingerprint density at radius 1 is 0.647 bits per heavy atom. The molecule has 0 bridgehead atoms. The molecule has 4 heteroatoms. The number of fused-ring (bicyclic) bond motifs is 1. The molecule has 170 valence electrons. The van der Waals surface area contributed by atoms with E-state index in [2.05, 4.69) is 63.2 Å². The predicted molar refractivity (Wildman–Crippen MR) is 138 cm³/mol. The van der Waals surface area contributed by atoms with Crippen LogP contribution < -0.4 is 0 Å². The van der Waals surface area contributed by atoms with E-state index in [-0.39, 0.29) is 11.8 Å². The van der Waals surface area contributed by atoms with Crippen LogP contribution >= 0.6 is 0 Å². The van der Waals surface area contributed by atoms with E-state index < -0.39 is 0 Å². The van der Waals surface area contributed by atoms with Crippen LogP contribution in [0.2, 0.25) is 0 Å². The summed E-state index contributed by atoms with van der Waals surface area (Å²) in [6.45, 7) is 8.46. The summed E-state index contributed by atoms with van der Waals surface area (Å²) >= 11 is 0. The summed E-state index contributed by atoms with van der Waals surface area (Å²) < 4.78 is 0. The second-order valence-corrected chi connectivity index (χ2v) is 9.25. The lowest BCUT2D eigenvalue weighted by Crippen LogP contribution is -2.06. The number of hydrogen-bond acceptors (Lipinski definition) is 3. The van der Waals surface area contributed by atoms with Crippen molar-refractivity contribution >= 4 is 11.0 Å². The summed E-state index contributed by atoms with van der Waals surface area (Å²) in [6.07, 6.45) is 0. The Kier molecular flexibility index (Phi) is 5.66. The molecule has 0 radical (unpaired) electrons. The van der Waals surface area contributed by atoms with Gasteiger partial charge in [0.15, 0.2) is 0 Å². The van der Waals surface area contributed by atoms with Crippen LogP contribution in [0.3, 0.4) is 0 Å². The van der Waals surface area contributed by atoms with Crippen molar-refractivity contribution in [3.05, 3.63) is 118 Å². The van der Waals surface area contributed by atoms with Crippen molar-refractivity contribution in [3.8, 4) is 11.4 Å². The Balaban J connectivity index is 1.64. The number of phenols is 1. The van der Waals surface area contributed by atoms with E-state index in [0.717, 1.165) is 33.4 Å². The van der Waals surface area contributed by atoms with Gasteiger partial charge in [-0.25, -0.2) is 0 Å². The third-order valence-corrected chi connectivity index (χ3v) is 6.71. The number of nitrogens with zero attached hydrogens (tertiary/aromatic N) is 3. The average Bonchev–Trinajstić information content (AvgIpc) is 3.28. The van der Waals surface area contributed by atoms with Crippen LogP contribution in [0, 0.1) is 13.8 Å². The Morgan fingerprint density at radius 3 is 1.85 bits per heavy atom. The topological polar surface area (TPSA) is 50.9 Å². The van der Waals surface area contributed by atoms with Gasteiger partial charge in [0.1, 0.15) is 16.8 Å². The molecule has 4 aromatic carbocycles. The van der Waals surface area contributed by atoms with Crippen molar-refractivity contribution < 1.29 is 5.11 Å². The van der Waals surface area contributed by atoms with E-state index in [1.807, 2.05) is 49.4 Å². The van der Waals surface area contributed by atoms with Crippen molar-refractivity contribution in [1.29, 1.82) is 0 Å². The molecule has 4 nitrogen and oxygen atoms in total.